The summed E-state index contributed by atoms with van der Waals surface area (Å²) in [6.45, 7) is 18.2. The molecule has 0 amide bonds. The molecule has 0 saturated heterocycles. The van der Waals surface area contributed by atoms with Gasteiger partial charge in [-0.3, -0.25) is 0 Å². The van der Waals surface area contributed by atoms with Crippen LogP contribution in [-0.4, -0.2) is 0 Å². The molecule has 38 heavy (non-hydrogen) atoms. The Morgan fingerprint density at radius 3 is 2.26 bits per heavy atom. The minimum atomic E-state index is 0.123. The minimum absolute atomic E-state index is 0.123. The Hall–Kier alpha value is -2.84. The molecule has 0 radical (unpaired) electrons. The fourth-order valence-electron chi connectivity index (χ4n) is 6.26. The van der Waals surface area contributed by atoms with Crippen LogP contribution in [0.25, 0.3) is 43.6 Å². The lowest BCUT2D eigenvalue weighted by atomic mass is 9.82. The van der Waals surface area contributed by atoms with Crippen molar-refractivity contribution < 1.29 is 7.31 Å². The van der Waals surface area contributed by atoms with Crippen molar-refractivity contribution in [3.63, 3.8) is 0 Å². The Morgan fingerprint density at radius 2 is 1.55 bits per heavy atom. The highest BCUT2D eigenvalue weighted by molar-refractivity contribution is 8.00. The van der Waals surface area contributed by atoms with Crippen molar-refractivity contribution in [3.05, 3.63) is 76.9 Å². The van der Waals surface area contributed by atoms with Gasteiger partial charge in [0.05, 0.1) is 12.3 Å². The monoisotopic (exact) mass is 520 g/mol. The normalized spacial score (nSPS) is 14.2. The highest BCUT2D eigenvalue weighted by atomic mass is 32.2. The molecule has 0 saturated carbocycles. The maximum Gasteiger partial charge on any atom is 0.222 e. The van der Waals surface area contributed by atoms with Gasteiger partial charge >= 0.3 is 0 Å². The van der Waals surface area contributed by atoms with Gasteiger partial charge in [0.1, 0.15) is 8.42 Å². The zero-order chi connectivity index (χ0) is 28.9. The van der Waals surface area contributed by atoms with Crippen molar-refractivity contribution in [1.29, 1.82) is 0 Å². The van der Waals surface area contributed by atoms with Gasteiger partial charge in [0, 0.05) is 21.2 Å². The Balaban J connectivity index is 1.79. The van der Waals surface area contributed by atoms with Crippen LogP contribution >= 0.6 is 11.8 Å². The van der Waals surface area contributed by atoms with Crippen molar-refractivity contribution in [1.82, 2.24) is 0 Å². The summed E-state index contributed by atoms with van der Waals surface area (Å²) < 4.78 is 20.3. The summed E-state index contributed by atoms with van der Waals surface area (Å²) in [7, 11) is 1.97. The van der Waals surface area contributed by atoms with E-state index in [1.807, 2.05) is 23.4 Å². The summed E-state index contributed by atoms with van der Waals surface area (Å²) in [5.74, 6) is 0. The molecule has 6 rings (SSSR count). The molecule has 1 nitrogen and oxygen atoms in total. The van der Waals surface area contributed by atoms with Gasteiger partial charge in [-0.2, -0.15) is 0 Å². The van der Waals surface area contributed by atoms with E-state index in [0.29, 0.717) is 6.04 Å². The number of hydrogen-bond donors (Lipinski definition) is 0. The lowest BCUT2D eigenvalue weighted by Crippen LogP contribution is -2.32. The molecule has 1 aliphatic heterocycles. The first kappa shape index (κ1) is 23.1. The topological polar surface area (TPSA) is 3.88 Å². The van der Waals surface area contributed by atoms with E-state index >= 15 is 0 Å². The molecule has 2 heteroatoms. The molecule has 194 valence electrons. The fourth-order valence-corrected chi connectivity index (χ4v) is 7.63. The van der Waals surface area contributed by atoms with E-state index < -0.39 is 0 Å². The van der Waals surface area contributed by atoms with Crippen molar-refractivity contribution >= 4 is 44.1 Å². The first-order valence-corrected chi connectivity index (χ1v) is 14.6. The number of hydrogen-bond acceptors (Lipinski definition) is 1. The van der Waals surface area contributed by atoms with Crippen molar-refractivity contribution in [2.24, 2.45) is 17.9 Å². The standard InChI is InChI=1S/C36H40NS/c1-21-10-13-25-27(16-21)22(2)31-33-32-26(14-15-37(33)9)28-17-23(19-35(3,4)5)11-12-24(28)18-30(32)38-34(31)29(25)20-36(6,7)8/h10-18H,19-20H2,1-9H3/q+1/i14D,15D. The molecule has 0 bridgehead atoms. The van der Waals surface area contributed by atoms with E-state index in [1.165, 1.54) is 48.4 Å². The van der Waals surface area contributed by atoms with Crippen molar-refractivity contribution in [2.45, 2.75) is 78.0 Å². The third-order valence-corrected chi connectivity index (χ3v) is 8.96. The lowest BCUT2D eigenvalue weighted by Gasteiger charge is -2.28. The molecule has 2 heterocycles. The van der Waals surface area contributed by atoms with E-state index in [0.717, 1.165) is 40.1 Å². The van der Waals surface area contributed by atoms with Crippen molar-refractivity contribution in [3.8, 4) is 11.3 Å². The van der Waals surface area contributed by atoms with Gasteiger partial charge in [-0.1, -0.05) is 95.3 Å². The Labute approximate surface area is 235 Å². The van der Waals surface area contributed by atoms with Gasteiger partial charge in [0.2, 0.25) is 5.69 Å². The van der Waals surface area contributed by atoms with Crippen LogP contribution in [0.4, 0.5) is 0 Å². The second-order valence-corrected chi connectivity index (χ2v) is 14.8. The molecule has 0 fully saturated rings. The van der Waals surface area contributed by atoms with Crippen molar-refractivity contribution in [2.75, 3.05) is 0 Å². The van der Waals surface area contributed by atoms with Gasteiger partial charge in [-0.25, -0.2) is 4.57 Å². The molecule has 1 aliphatic rings. The number of rotatable bonds is 2. The summed E-state index contributed by atoms with van der Waals surface area (Å²) in [4.78, 5) is 2.51. The van der Waals surface area contributed by atoms with Gasteiger partial charge in [0.15, 0.2) is 6.17 Å². The van der Waals surface area contributed by atoms with Crippen LogP contribution in [0.15, 0.2) is 64.5 Å². The fraction of sp³-hybridized carbons (Fsp3) is 0.361. The quantitative estimate of drug-likeness (QED) is 0.162. The minimum Gasteiger partial charge on any atom is -0.200 e. The molecule has 0 spiro atoms. The van der Waals surface area contributed by atoms with Crippen LogP contribution in [0.3, 0.4) is 0 Å². The van der Waals surface area contributed by atoms with Crippen LogP contribution in [0, 0.1) is 24.7 Å². The molecule has 0 N–H and O–H groups in total. The number of benzene rings is 4. The predicted molar refractivity (Wildman–Crippen MR) is 165 cm³/mol. The smallest absolute Gasteiger partial charge is 0.200 e. The van der Waals surface area contributed by atoms with E-state index in [9.17, 15) is 1.37 Å². The number of aromatic nitrogens is 1. The zero-order valence-electron chi connectivity index (χ0n) is 26.3. The third-order valence-electron chi connectivity index (χ3n) is 7.76. The van der Waals surface area contributed by atoms with Crippen LogP contribution in [0.1, 0.15) is 66.5 Å². The van der Waals surface area contributed by atoms with E-state index in [2.05, 4.69) is 97.9 Å². The van der Waals surface area contributed by atoms with Gasteiger partial charge in [0.25, 0.3) is 0 Å². The molecule has 0 unspecified atom stereocenters. The highest BCUT2D eigenvalue weighted by Gasteiger charge is 2.33. The third kappa shape index (κ3) is 4.22. The summed E-state index contributed by atoms with van der Waals surface area (Å²) in [5.41, 5.74) is 7.82. The van der Waals surface area contributed by atoms with Gasteiger partial charge < -0.3 is 0 Å². The molecule has 0 atom stereocenters. The summed E-state index contributed by atoms with van der Waals surface area (Å²) in [6.07, 6.45) is 2.21. The number of pyridine rings is 1. The molecule has 1 aromatic heterocycles. The maximum absolute atomic E-state index is 9.19. The SMILES string of the molecule is [2H]c1c([2H])[n+](C)c2c3c(cc4ccc(CC(C)(C)C)cc4c13)Sc1c-2c(C)c2cc(C)ccc2c1CC(C)(C)C. The molecular formula is C36H40NS+. The van der Waals surface area contributed by atoms with E-state index in [-0.39, 0.29) is 17.0 Å². The molecular weight excluding hydrogens is 478 g/mol. The molecule has 5 aromatic rings. The predicted octanol–water partition coefficient (Wildman–Crippen LogP) is 9.90. The average Bonchev–Trinajstić information content (AvgIpc) is 2.85. The van der Waals surface area contributed by atoms with E-state index in [4.69, 9.17) is 1.37 Å². The average molecular weight is 521 g/mol. The molecule has 0 aliphatic carbocycles. The first-order valence-electron chi connectivity index (χ1n) is 14.8. The number of aryl methyl sites for hydroxylation is 2. The second kappa shape index (κ2) is 8.58. The zero-order valence-corrected chi connectivity index (χ0v) is 25.1. The van der Waals surface area contributed by atoms with Crippen LogP contribution in [-0.2, 0) is 19.9 Å². The summed E-state index contributed by atoms with van der Waals surface area (Å²) in [5, 5.41) is 6.91. The summed E-state index contributed by atoms with van der Waals surface area (Å²) >= 11 is 1.87. The highest BCUT2D eigenvalue weighted by Crippen LogP contribution is 2.53. The summed E-state index contributed by atoms with van der Waals surface area (Å²) in [6, 6.07) is 16.3. The largest absolute Gasteiger partial charge is 0.222 e. The maximum atomic E-state index is 9.19. The number of nitrogens with zero attached hydrogens (tertiary/aromatic N) is 1. The van der Waals surface area contributed by atoms with Gasteiger partial charge in [-0.15, -0.1) is 0 Å². The Bertz CT molecular complexity index is 1890. The van der Waals surface area contributed by atoms with Crippen LogP contribution in [0.5, 0.6) is 0 Å². The molecule has 4 aromatic carbocycles. The Morgan fingerprint density at radius 1 is 0.816 bits per heavy atom. The lowest BCUT2D eigenvalue weighted by molar-refractivity contribution is -0.659. The second-order valence-electron chi connectivity index (χ2n) is 13.8. The van der Waals surface area contributed by atoms with Crippen LogP contribution in [0.2, 0.25) is 0 Å². The van der Waals surface area contributed by atoms with Gasteiger partial charge in [-0.05, 0) is 81.8 Å². The Kier molecular flexibility index (Phi) is 5.21. The van der Waals surface area contributed by atoms with E-state index in [1.54, 1.807) is 0 Å². The number of fused-ring (bicyclic) bond motifs is 5. The van der Waals surface area contributed by atoms with Crippen LogP contribution < -0.4 is 4.57 Å². The first-order chi connectivity index (χ1) is 18.6.